The van der Waals surface area contributed by atoms with Crippen molar-refractivity contribution in [3.05, 3.63) is 33.7 Å². The molecule has 27 heavy (non-hydrogen) atoms. The lowest BCUT2D eigenvalue weighted by Crippen LogP contribution is -2.29. The molecule has 1 fully saturated rings. The molecule has 0 aliphatic carbocycles. The number of rotatable bonds is 5. The van der Waals surface area contributed by atoms with Gasteiger partial charge in [-0.1, -0.05) is 19.3 Å². The first-order valence-corrected chi connectivity index (χ1v) is 11.7. The van der Waals surface area contributed by atoms with Gasteiger partial charge in [0.2, 0.25) is 0 Å². The smallest absolute Gasteiger partial charge is 0.339 e. The lowest BCUT2D eigenvalue weighted by molar-refractivity contribution is 0.0697. The number of nitrogens with zero attached hydrogens (tertiary/aromatic N) is 2. The molecule has 2 N–H and O–H groups in total. The predicted octanol–water partition coefficient (Wildman–Crippen LogP) is 4.18. The van der Waals surface area contributed by atoms with E-state index in [2.05, 4.69) is 25.6 Å². The van der Waals surface area contributed by atoms with Crippen LogP contribution in [0.3, 0.4) is 0 Å². The normalized spacial score (nSPS) is 15.8. The summed E-state index contributed by atoms with van der Waals surface area (Å²) in [5.41, 5.74) is 0.135. The summed E-state index contributed by atoms with van der Waals surface area (Å²) in [6.45, 7) is 1.50. The minimum atomic E-state index is -3.79. The summed E-state index contributed by atoms with van der Waals surface area (Å²) in [6.07, 6.45) is 6.79. The van der Waals surface area contributed by atoms with Gasteiger partial charge in [0.25, 0.3) is 10.0 Å². The van der Waals surface area contributed by atoms with Crippen LogP contribution in [0.25, 0.3) is 0 Å². The third-order valence-corrected chi connectivity index (χ3v) is 7.82. The average molecular weight is 474 g/mol. The molecule has 0 radical (unpaired) electrons. The Morgan fingerprint density at radius 1 is 1.19 bits per heavy atom. The van der Waals surface area contributed by atoms with Gasteiger partial charge in [-0.25, -0.2) is 18.2 Å². The van der Waals surface area contributed by atoms with E-state index in [4.69, 9.17) is 0 Å². The third-order valence-electron chi connectivity index (χ3n) is 4.32. The first kappa shape index (κ1) is 20.1. The molecule has 7 nitrogen and oxygen atoms in total. The molecule has 10 heteroatoms. The van der Waals surface area contributed by atoms with Gasteiger partial charge < -0.3 is 10.0 Å². The Morgan fingerprint density at radius 3 is 2.44 bits per heavy atom. The molecule has 3 heterocycles. The van der Waals surface area contributed by atoms with E-state index < -0.39 is 16.0 Å². The zero-order chi connectivity index (χ0) is 19.4. The Labute approximate surface area is 170 Å². The highest BCUT2D eigenvalue weighted by Gasteiger charge is 2.22. The van der Waals surface area contributed by atoms with E-state index in [1.165, 1.54) is 24.8 Å². The van der Waals surface area contributed by atoms with Crippen LogP contribution in [0, 0.1) is 0 Å². The van der Waals surface area contributed by atoms with Gasteiger partial charge in [0.1, 0.15) is 15.6 Å². The number of hydrogen-bond acceptors (Lipinski definition) is 6. The lowest BCUT2D eigenvalue weighted by Gasteiger charge is -2.27. The number of anilines is 2. The Morgan fingerprint density at radius 2 is 1.85 bits per heavy atom. The zero-order valence-electron chi connectivity index (χ0n) is 14.5. The Hall–Kier alpha value is -1.65. The van der Waals surface area contributed by atoms with Gasteiger partial charge in [0, 0.05) is 13.1 Å². The van der Waals surface area contributed by atoms with E-state index in [0.717, 1.165) is 50.1 Å². The molecule has 146 valence electrons. The summed E-state index contributed by atoms with van der Waals surface area (Å²) < 4.78 is 28.2. The highest BCUT2D eigenvalue weighted by atomic mass is 79.9. The van der Waals surface area contributed by atoms with E-state index in [9.17, 15) is 18.3 Å². The van der Waals surface area contributed by atoms with Crippen molar-refractivity contribution in [3.8, 4) is 0 Å². The molecule has 0 aromatic carbocycles. The molecular weight excluding hydrogens is 454 g/mol. The molecule has 0 bridgehead atoms. The fourth-order valence-corrected chi connectivity index (χ4v) is 6.07. The van der Waals surface area contributed by atoms with Gasteiger partial charge in [-0.05, 0) is 47.0 Å². The van der Waals surface area contributed by atoms with E-state index >= 15 is 0 Å². The second kappa shape index (κ2) is 8.57. The predicted molar refractivity (Wildman–Crippen MR) is 109 cm³/mol. The fourth-order valence-electron chi connectivity index (χ4n) is 3.03. The minimum Gasteiger partial charge on any atom is -0.478 e. The van der Waals surface area contributed by atoms with Crippen molar-refractivity contribution < 1.29 is 18.3 Å². The molecular formula is C17H20BrN3O4S2. The summed E-state index contributed by atoms with van der Waals surface area (Å²) in [5.74, 6) is -0.731. The van der Waals surface area contributed by atoms with E-state index in [-0.39, 0.29) is 15.5 Å². The Bertz CT molecular complexity index is 922. The number of carbonyl (C=O) groups is 1. The van der Waals surface area contributed by atoms with E-state index in [1.807, 2.05) is 4.90 Å². The molecule has 0 amide bonds. The first-order valence-electron chi connectivity index (χ1n) is 8.63. The molecule has 0 spiro atoms. The first-order chi connectivity index (χ1) is 12.9. The number of carboxylic acid groups (broad SMARTS) is 1. The lowest BCUT2D eigenvalue weighted by atomic mass is 10.1. The molecule has 3 rings (SSSR count). The summed E-state index contributed by atoms with van der Waals surface area (Å²) in [6, 6.07) is 4.46. The number of aromatic nitrogens is 1. The van der Waals surface area contributed by atoms with Gasteiger partial charge in [-0.15, -0.1) is 11.3 Å². The van der Waals surface area contributed by atoms with Crippen LogP contribution >= 0.6 is 27.3 Å². The van der Waals surface area contributed by atoms with Crippen molar-refractivity contribution in [1.29, 1.82) is 0 Å². The maximum atomic E-state index is 12.5. The van der Waals surface area contributed by atoms with Crippen molar-refractivity contribution >= 4 is 54.8 Å². The Balaban J connectivity index is 1.88. The largest absolute Gasteiger partial charge is 0.478 e. The van der Waals surface area contributed by atoms with E-state index in [1.54, 1.807) is 6.07 Å². The Kier molecular flexibility index (Phi) is 6.38. The molecule has 0 atom stereocenters. The van der Waals surface area contributed by atoms with Crippen LogP contribution in [-0.4, -0.2) is 37.6 Å². The minimum absolute atomic E-state index is 0.00290. The van der Waals surface area contributed by atoms with Crippen LogP contribution in [0.2, 0.25) is 0 Å². The molecule has 1 aliphatic heterocycles. The van der Waals surface area contributed by atoms with Gasteiger partial charge in [-0.3, -0.25) is 4.72 Å². The van der Waals surface area contributed by atoms with Crippen LogP contribution in [0.5, 0.6) is 0 Å². The second-order valence-corrected chi connectivity index (χ2v) is 10.7. The number of carboxylic acids is 1. The van der Waals surface area contributed by atoms with Crippen molar-refractivity contribution in [2.24, 2.45) is 0 Å². The van der Waals surface area contributed by atoms with E-state index in [0.29, 0.717) is 9.60 Å². The monoisotopic (exact) mass is 473 g/mol. The zero-order valence-corrected chi connectivity index (χ0v) is 17.7. The average Bonchev–Trinajstić information content (AvgIpc) is 3.02. The quantitative estimate of drug-likeness (QED) is 0.675. The van der Waals surface area contributed by atoms with Crippen LogP contribution in [0.15, 0.2) is 32.4 Å². The van der Waals surface area contributed by atoms with Crippen molar-refractivity contribution in [2.75, 3.05) is 22.7 Å². The molecule has 1 saturated heterocycles. The number of hydrogen-bond donors (Lipinski definition) is 2. The van der Waals surface area contributed by atoms with Gasteiger partial charge in [0.05, 0.1) is 15.7 Å². The van der Waals surface area contributed by atoms with Crippen molar-refractivity contribution in [1.82, 2.24) is 4.98 Å². The topological polar surface area (TPSA) is 99.6 Å². The molecule has 2 aromatic heterocycles. The van der Waals surface area contributed by atoms with Crippen LogP contribution in [0.4, 0.5) is 11.5 Å². The van der Waals surface area contributed by atoms with Crippen molar-refractivity contribution in [2.45, 2.75) is 36.3 Å². The second-order valence-electron chi connectivity index (χ2n) is 6.32. The van der Waals surface area contributed by atoms with Crippen LogP contribution < -0.4 is 9.62 Å². The summed E-state index contributed by atoms with van der Waals surface area (Å²) in [7, 11) is -3.79. The molecule has 1 aliphatic rings. The highest BCUT2D eigenvalue weighted by Crippen LogP contribution is 2.29. The number of halogens is 1. The molecule has 2 aromatic rings. The van der Waals surface area contributed by atoms with Crippen LogP contribution in [-0.2, 0) is 10.0 Å². The number of aromatic carboxylic acids is 1. The highest BCUT2D eigenvalue weighted by molar-refractivity contribution is 9.11. The van der Waals surface area contributed by atoms with Gasteiger partial charge in [0.15, 0.2) is 0 Å². The molecule has 0 unspecified atom stereocenters. The summed E-state index contributed by atoms with van der Waals surface area (Å²) in [4.78, 5) is 18.0. The van der Waals surface area contributed by atoms with Crippen molar-refractivity contribution in [3.63, 3.8) is 0 Å². The number of pyridine rings is 1. The summed E-state index contributed by atoms with van der Waals surface area (Å²) in [5, 5.41) is 9.62. The standard InChI is InChI=1S/C17H20BrN3O4S2/c18-14-6-7-15(26-14)27(24,25)20-12-10-13(17(22)23)16(19-11-12)21-8-4-2-1-3-5-9-21/h6-7,10-11,20H,1-5,8-9H2,(H,22,23). The fraction of sp³-hybridized carbons (Fsp3) is 0.412. The number of thiophene rings is 1. The van der Waals surface area contributed by atoms with Gasteiger partial charge >= 0.3 is 5.97 Å². The van der Waals surface area contributed by atoms with Crippen LogP contribution in [0.1, 0.15) is 42.5 Å². The van der Waals surface area contributed by atoms with Gasteiger partial charge in [-0.2, -0.15) is 0 Å². The maximum absolute atomic E-state index is 12.5. The maximum Gasteiger partial charge on any atom is 0.339 e. The third kappa shape index (κ3) is 4.99. The number of sulfonamides is 1. The SMILES string of the molecule is O=C(O)c1cc(NS(=O)(=O)c2ccc(Br)s2)cnc1N1CCCCCCC1. The number of nitrogens with one attached hydrogen (secondary N) is 1. The molecule has 0 saturated carbocycles. The summed E-state index contributed by atoms with van der Waals surface area (Å²) >= 11 is 4.31.